The van der Waals surface area contributed by atoms with Gasteiger partial charge in [0, 0.05) is 39.3 Å². The second-order valence-electron chi connectivity index (χ2n) is 5.71. The highest BCUT2D eigenvalue weighted by atomic mass is 16.2. The Morgan fingerprint density at radius 3 is 2.15 bits per heavy atom. The molecule has 1 rings (SSSR count). The third-order valence-corrected chi connectivity index (χ3v) is 3.60. The summed E-state index contributed by atoms with van der Waals surface area (Å²) < 4.78 is 0. The van der Waals surface area contributed by atoms with Crippen LogP contribution in [-0.4, -0.2) is 61.0 Å². The molecule has 3 N–H and O–H groups in total. The molecule has 1 unspecified atom stereocenters. The zero-order valence-electron chi connectivity index (χ0n) is 12.9. The molecule has 1 saturated heterocycles. The van der Waals surface area contributed by atoms with Crippen LogP contribution in [0.5, 0.6) is 0 Å². The van der Waals surface area contributed by atoms with Gasteiger partial charge in [0.25, 0.3) is 0 Å². The molecule has 1 aliphatic heterocycles. The van der Waals surface area contributed by atoms with Crippen LogP contribution in [0, 0.1) is 11.8 Å². The van der Waals surface area contributed by atoms with Crippen LogP contribution in [0.25, 0.3) is 0 Å². The minimum absolute atomic E-state index is 0.0443. The second kappa shape index (κ2) is 8.09. The number of hydrogen-bond donors (Lipinski definition) is 2. The molecule has 1 atom stereocenters. The summed E-state index contributed by atoms with van der Waals surface area (Å²) in [5.41, 5.74) is 5.72. The molecule has 0 aliphatic carbocycles. The van der Waals surface area contributed by atoms with Crippen molar-refractivity contribution in [3.8, 4) is 0 Å². The van der Waals surface area contributed by atoms with Crippen LogP contribution in [0.1, 0.15) is 27.2 Å². The molecule has 20 heavy (non-hydrogen) atoms. The normalized spacial score (nSPS) is 17.2. The fourth-order valence-electron chi connectivity index (χ4n) is 2.52. The maximum atomic E-state index is 12.4. The lowest BCUT2D eigenvalue weighted by molar-refractivity contribution is -0.137. The number of nitrogens with two attached hydrogens (primary N) is 1. The lowest BCUT2D eigenvalue weighted by atomic mass is 9.95. The lowest BCUT2D eigenvalue weighted by Crippen LogP contribution is -2.54. The third kappa shape index (κ3) is 4.67. The summed E-state index contributed by atoms with van der Waals surface area (Å²) >= 11 is 0. The van der Waals surface area contributed by atoms with Crippen LogP contribution in [0.15, 0.2) is 0 Å². The van der Waals surface area contributed by atoms with E-state index in [0.717, 1.165) is 6.42 Å². The van der Waals surface area contributed by atoms with Gasteiger partial charge in [0.05, 0.1) is 5.92 Å². The van der Waals surface area contributed by atoms with Gasteiger partial charge in [0.2, 0.25) is 5.91 Å². The van der Waals surface area contributed by atoms with Crippen LogP contribution in [0.3, 0.4) is 0 Å². The van der Waals surface area contributed by atoms with Crippen molar-refractivity contribution in [1.82, 2.24) is 15.1 Å². The van der Waals surface area contributed by atoms with E-state index in [0.29, 0.717) is 45.2 Å². The summed E-state index contributed by atoms with van der Waals surface area (Å²) in [5.74, 6) is 0.506. The molecule has 0 aromatic carbocycles. The number of nitrogens with zero attached hydrogens (tertiary/aromatic N) is 2. The van der Waals surface area contributed by atoms with E-state index < -0.39 is 0 Å². The number of piperazine rings is 1. The smallest absolute Gasteiger partial charge is 0.317 e. The summed E-state index contributed by atoms with van der Waals surface area (Å²) in [6.45, 7) is 9.51. The van der Waals surface area contributed by atoms with E-state index in [1.807, 2.05) is 11.8 Å². The molecule has 6 nitrogen and oxygen atoms in total. The van der Waals surface area contributed by atoms with Crippen molar-refractivity contribution in [2.75, 3.05) is 39.3 Å². The predicted molar refractivity (Wildman–Crippen MR) is 79.2 cm³/mol. The van der Waals surface area contributed by atoms with E-state index in [4.69, 9.17) is 5.73 Å². The highest BCUT2D eigenvalue weighted by Crippen LogP contribution is 2.15. The molecule has 116 valence electrons. The van der Waals surface area contributed by atoms with E-state index in [1.165, 1.54) is 0 Å². The first-order chi connectivity index (χ1) is 9.49. The Morgan fingerprint density at radius 2 is 1.70 bits per heavy atom. The monoisotopic (exact) mass is 284 g/mol. The number of nitrogens with one attached hydrogen (secondary N) is 1. The van der Waals surface area contributed by atoms with Gasteiger partial charge in [-0.3, -0.25) is 4.79 Å². The number of urea groups is 1. The quantitative estimate of drug-likeness (QED) is 0.771. The summed E-state index contributed by atoms with van der Waals surface area (Å²) in [4.78, 5) is 27.7. The number of carbonyl (C=O) groups is 2. The largest absolute Gasteiger partial charge is 0.339 e. The van der Waals surface area contributed by atoms with Crippen molar-refractivity contribution in [2.45, 2.75) is 27.2 Å². The standard InChI is InChI=1S/C14H28N4O2/c1-4-16-14(20)18-7-5-17(6-8-18)13(19)12(10-15)9-11(2)3/h11-12H,4-10,15H2,1-3H3,(H,16,20). The van der Waals surface area contributed by atoms with E-state index in [9.17, 15) is 9.59 Å². The molecule has 0 aromatic heterocycles. The summed E-state index contributed by atoms with van der Waals surface area (Å²) in [6, 6.07) is -0.0443. The van der Waals surface area contributed by atoms with Crippen LogP contribution < -0.4 is 11.1 Å². The molecule has 0 aromatic rings. The molecule has 0 saturated carbocycles. The first-order valence-corrected chi connectivity index (χ1v) is 7.51. The maximum absolute atomic E-state index is 12.4. The van der Waals surface area contributed by atoms with Gasteiger partial charge >= 0.3 is 6.03 Å². The number of hydrogen-bond acceptors (Lipinski definition) is 3. The molecule has 0 spiro atoms. The highest BCUT2D eigenvalue weighted by molar-refractivity contribution is 5.80. The average Bonchev–Trinajstić information content (AvgIpc) is 2.44. The van der Waals surface area contributed by atoms with Crippen molar-refractivity contribution < 1.29 is 9.59 Å². The summed E-state index contributed by atoms with van der Waals surface area (Å²) in [6.07, 6.45) is 0.825. The Kier molecular flexibility index (Phi) is 6.78. The van der Waals surface area contributed by atoms with Gasteiger partial charge in [0.1, 0.15) is 0 Å². The molecule has 1 fully saturated rings. The summed E-state index contributed by atoms with van der Waals surface area (Å²) in [7, 11) is 0. The lowest BCUT2D eigenvalue weighted by Gasteiger charge is -2.36. The zero-order chi connectivity index (χ0) is 15.1. The SMILES string of the molecule is CCNC(=O)N1CCN(C(=O)C(CN)CC(C)C)CC1. The first kappa shape index (κ1) is 16.8. The zero-order valence-corrected chi connectivity index (χ0v) is 12.9. The third-order valence-electron chi connectivity index (χ3n) is 3.60. The van der Waals surface area contributed by atoms with Crippen molar-refractivity contribution in [1.29, 1.82) is 0 Å². The van der Waals surface area contributed by atoms with E-state index >= 15 is 0 Å². The molecule has 1 heterocycles. The van der Waals surface area contributed by atoms with Crippen LogP contribution >= 0.6 is 0 Å². The van der Waals surface area contributed by atoms with Crippen LogP contribution in [-0.2, 0) is 4.79 Å². The minimum Gasteiger partial charge on any atom is -0.339 e. The highest BCUT2D eigenvalue weighted by Gasteiger charge is 2.28. The van der Waals surface area contributed by atoms with E-state index in [-0.39, 0.29) is 17.9 Å². The Balaban J connectivity index is 2.47. The second-order valence-corrected chi connectivity index (χ2v) is 5.71. The number of rotatable bonds is 5. The maximum Gasteiger partial charge on any atom is 0.317 e. The fraction of sp³-hybridized carbons (Fsp3) is 0.857. The molecule has 0 radical (unpaired) electrons. The first-order valence-electron chi connectivity index (χ1n) is 7.51. The van der Waals surface area contributed by atoms with Gasteiger partial charge in [-0.05, 0) is 19.3 Å². The van der Waals surface area contributed by atoms with Crippen molar-refractivity contribution >= 4 is 11.9 Å². The Morgan fingerprint density at radius 1 is 1.15 bits per heavy atom. The Hall–Kier alpha value is -1.30. The van der Waals surface area contributed by atoms with E-state index in [1.54, 1.807) is 4.90 Å². The van der Waals surface area contributed by atoms with Gasteiger partial charge in [0.15, 0.2) is 0 Å². The topological polar surface area (TPSA) is 78.7 Å². The van der Waals surface area contributed by atoms with Gasteiger partial charge in [-0.2, -0.15) is 0 Å². The molecule has 3 amide bonds. The van der Waals surface area contributed by atoms with Crippen LogP contribution in [0.2, 0.25) is 0 Å². The van der Waals surface area contributed by atoms with Gasteiger partial charge in [-0.25, -0.2) is 4.79 Å². The van der Waals surface area contributed by atoms with Crippen molar-refractivity contribution in [3.63, 3.8) is 0 Å². The Labute approximate surface area is 121 Å². The summed E-state index contributed by atoms with van der Waals surface area (Å²) in [5, 5.41) is 2.78. The van der Waals surface area contributed by atoms with Gasteiger partial charge < -0.3 is 20.9 Å². The fourth-order valence-corrected chi connectivity index (χ4v) is 2.52. The van der Waals surface area contributed by atoms with Crippen molar-refractivity contribution in [3.05, 3.63) is 0 Å². The van der Waals surface area contributed by atoms with Gasteiger partial charge in [-0.15, -0.1) is 0 Å². The van der Waals surface area contributed by atoms with Crippen molar-refractivity contribution in [2.24, 2.45) is 17.6 Å². The molecule has 6 heteroatoms. The number of amides is 3. The predicted octanol–water partition coefficient (Wildman–Crippen LogP) is 0.481. The molecule has 1 aliphatic rings. The molecular weight excluding hydrogens is 256 g/mol. The van der Waals surface area contributed by atoms with E-state index in [2.05, 4.69) is 19.2 Å². The van der Waals surface area contributed by atoms with Gasteiger partial charge in [-0.1, -0.05) is 13.8 Å². The minimum atomic E-state index is -0.0916. The average molecular weight is 284 g/mol. The Bertz CT molecular complexity index is 325. The van der Waals surface area contributed by atoms with Crippen LogP contribution in [0.4, 0.5) is 4.79 Å². The molecule has 0 bridgehead atoms. The number of carbonyl (C=O) groups excluding carboxylic acids is 2. The molecular formula is C14H28N4O2.